The molecule has 156 valence electrons. The molecular formula is C21H28N4O4. The van der Waals surface area contributed by atoms with Crippen LogP contribution in [0.2, 0.25) is 0 Å². The van der Waals surface area contributed by atoms with E-state index in [0.29, 0.717) is 43.8 Å². The number of benzene rings is 1. The van der Waals surface area contributed by atoms with E-state index in [2.05, 4.69) is 21.1 Å². The van der Waals surface area contributed by atoms with Crippen molar-refractivity contribution in [3.8, 4) is 0 Å². The van der Waals surface area contributed by atoms with Gasteiger partial charge >= 0.3 is 6.03 Å². The van der Waals surface area contributed by atoms with Gasteiger partial charge in [0, 0.05) is 25.6 Å². The number of aryl methyl sites for hydroxylation is 1. The predicted molar refractivity (Wildman–Crippen MR) is 107 cm³/mol. The minimum atomic E-state index is -0.231. The monoisotopic (exact) mass is 400 g/mol. The van der Waals surface area contributed by atoms with Gasteiger partial charge in [0.05, 0.1) is 18.7 Å². The van der Waals surface area contributed by atoms with Crippen LogP contribution in [0.25, 0.3) is 0 Å². The molecule has 0 saturated heterocycles. The summed E-state index contributed by atoms with van der Waals surface area (Å²) in [6.45, 7) is 2.61. The van der Waals surface area contributed by atoms with Crippen molar-refractivity contribution in [3.05, 3.63) is 53.4 Å². The number of ether oxygens (including phenoxy) is 1. The van der Waals surface area contributed by atoms with Crippen molar-refractivity contribution in [1.82, 2.24) is 21.1 Å². The van der Waals surface area contributed by atoms with Crippen LogP contribution in [0, 0.1) is 12.8 Å². The lowest BCUT2D eigenvalue weighted by atomic mass is 9.83. The van der Waals surface area contributed by atoms with E-state index in [1.807, 2.05) is 37.3 Å². The van der Waals surface area contributed by atoms with Crippen LogP contribution in [0.5, 0.6) is 0 Å². The Labute approximate surface area is 170 Å². The van der Waals surface area contributed by atoms with Crippen LogP contribution < -0.4 is 16.0 Å². The minimum Gasteiger partial charge on any atom is -0.379 e. The lowest BCUT2D eigenvalue weighted by Crippen LogP contribution is -2.52. The molecule has 0 aliphatic heterocycles. The van der Waals surface area contributed by atoms with Crippen molar-refractivity contribution in [2.24, 2.45) is 5.92 Å². The van der Waals surface area contributed by atoms with Gasteiger partial charge in [-0.3, -0.25) is 4.79 Å². The number of hydrogen-bond acceptors (Lipinski definition) is 5. The molecule has 0 radical (unpaired) electrons. The summed E-state index contributed by atoms with van der Waals surface area (Å²) in [4.78, 5) is 24.8. The number of nitrogens with zero attached hydrogens (tertiary/aromatic N) is 1. The number of carbonyl (C=O) groups is 2. The van der Waals surface area contributed by atoms with Gasteiger partial charge in [-0.1, -0.05) is 35.5 Å². The maximum atomic E-state index is 12.5. The highest BCUT2D eigenvalue weighted by atomic mass is 16.5. The third kappa shape index (κ3) is 6.05. The third-order valence-electron chi connectivity index (χ3n) is 5.20. The first-order valence-electron chi connectivity index (χ1n) is 9.86. The average Bonchev–Trinajstić information content (AvgIpc) is 3.16. The molecular weight excluding hydrogens is 372 g/mol. The molecule has 0 unspecified atom stereocenters. The molecule has 8 nitrogen and oxygen atoms in total. The van der Waals surface area contributed by atoms with Crippen LogP contribution in [0.4, 0.5) is 4.79 Å². The Kier molecular flexibility index (Phi) is 7.24. The first-order valence-corrected chi connectivity index (χ1v) is 9.86. The molecule has 1 saturated carbocycles. The Balaban J connectivity index is 1.44. The number of methoxy groups -OCH3 is 1. The highest BCUT2D eigenvalue weighted by Crippen LogP contribution is 2.27. The Bertz CT molecular complexity index is 808. The van der Waals surface area contributed by atoms with E-state index in [1.54, 1.807) is 13.2 Å². The second kappa shape index (κ2) is 10.1. The molecule has 29 heavy (non-hydrogen) atoms. The number of aromatic nitrogens is 1. The first kappa shape index (κ1) is 20.9. The molecule has 0 spiro atoms. The van der Waals surface area contributed by atoms with Gasteiger partial charge in [-0.2, -0.15) is 0 Å². The fraction of sp³-hybridized carbons (Fsp3) is 0.476. The summed E-state index contributed by atoms with van der Waals surface area (Å²) in [5.74, 6) is 0.531. The van der Waals surface area contributed by atoms with E-state index >= 15 is 0 Å². The number of carbonyl (C=O) groups excluding carboxylic acids is 2. The summed E-state index contributed by atoms with van der Waals surface area (Å²) in [6, 6.07) is 11.2. The maximum absolute atomic E-state index is 12.5. The molecule has 8 heteroatoms. The quantitative estimate of drug-likeness (QED) is 0.661. The number of rotatable bonds is 7. The Morgan fingerprint density at radius 1 is 1.17 bits per heavy atom. The standard InChI is InChI=1S/C21H28N4O4/c1-14-10-17(25-29-14)13-22-20(26)16-8-9-18(19(11-16)28-2)24-21(27)23-12-15-6-4-3-5-7-15/h3-7,10,16,18-19H,8-9,11-13H2,1-2H3,(H,22,26)(H2,23,24,27)/t16-,18+,19+/m0/s1. The Morgan fingerprint density at radius 3 is 2.66 bits per heavy atom. The van der Waals surface area contributed by atoms with Crippen molar-refractivity contribution < 1.29 is 18.8 Å². The van der Waals surface area contributed by atoms with Crippen LogP contribution in [-0.4, -0.2) is 36.4 Å². The molecule has 3 N–H and O–H groups in total. The van der Waals surface area contributed by atoms with E-state index in [0.717, 1.165) is 5.56 Å². The molecule has 1 fully saturated rings. The summed E-state index contributed by atoms with van der Waals surface area (Å²) in [6.07, 6.45) is 1.71. The Hall–Kier alpha value is -2.87. The summed E-state index contributed by atoms with van der Waals surface area (Å²) in [5, 5.41) is 12.6. The van der Waals surface area contributed by atoms with Gasteiger partial charge < -0.3 is 25.2 Å². The van der Waals surface area contributed by atoms with Gasteiger partial charge in [0.15, 0.2) is 0 Å². The van der Waals surface area contributed by atoms with E-state index in [1.165, 1.54) is 0 Å². The number of urea groups is 1. The maximum Gasteiger partial charge on any atom is 0.315 e. The van der Waals surface area contributed by atoms with Crippen molar-refractivity contribution in [2.75, 3.05) is 7.11 Å². The summed E-state index contributed by atoms with van der Waals surface area (Å²) >= 11 is 0. The summed E-state index contributed by atoms with van der Waals surface area (Å²) in [5.41, 5.74) is 1.73. The highest BCUT2D eigenvalue weighted by molar-refractivity contribution is 5.79. The zero-order valence-corrected chi connectivity index (χ0v) is 16.8. The topological polar surface area (TPSA) is 105 Å². The second-order valence-electron chi connectivity index (χ2n) is 7.35. The van der Waals surface area contributed by atoms with Crippen molar-refractivity contribution in [3.63, 3.8) is 0 Å². The minimum absolute atomic E-state index is 0.0281. The van der Waals surface area contributed by atoms with Crippen molar-refractivity contribution in [2.45, 2.75) is 51.4 Å². The van der Waals surface area contributed by atoms with Crippen LogP contribution in [0.3, 0.4) is 0 Å². The molecule has 0 bridgehead atoms. The zero-order chi connectivity index (χ0) is 20.6. The van der Waals surface area contributed by atoms with Crippen LogP contribution in [0.1, 0.15) is 36.3 Å². The molecule has 1 aliphatic rings. The van der Waals surface area contributed by atoms with Crippen LogP contribution >= 0.6 is 0 Å². The number of amides is 3. The van der Waals surface area contributed by atoms with Gasteiger partial charge in [-0.15, -0.1) is 0 Å². The van der Waals surface area contributed by atoms with Crippen molar-refractivity contribution >= 4 is 11.9 Å². The predicted octanol–water partition coefficient (Wildman–Crippen LogP) is 2.28. The second-order valence-corrected chi connectivity index (χ2v) is 7.35. The first-order chi connectivity index (χ1) is 14.0. The molecule has 1 heterocycles. The smallest absolute Gasteiger partial charge is 0.315 e. The highest BCUT2D eigenvalue weighted by Gasteiger charge is 2.34. The fourth-order valence-corrected chi connectivity index (χ4v) is 3.61. The van der Waals surface area contributed by atoms with Gasteiger partial charge in [-0.05, 0) is 31.7 Å². The van der Waals surface area contributed by atoms with Crippen LogP contribution in [-0.2, 0) is 22.6 Å². The molecule has 2 aromatic rings. The molecule has 1 aromatic heterocycles. The Morgan fingerprint density at radius 2 is 1.97 bits per heavy atom. The lowest BCUT2D eigenvalue weighted by Gasteiger charge is -2.35. The van der Waals surface area contributed by atoms with E-state index < -0.39 is 0 Å². The van der Waals surface area contributed by atoms with Gasteiger partial charge in [0.2, 0.25) is 5.91 Å². The normalized spacial score (nSPS) is 21.4. The molecule has 1 aliphatic carbocycles. The molecule has 1 aromatic carbocycles. The average molecular weight is 400 g/mol. The van der Waals surface area contributed by atoms with E-state index in [9.17, 15) is 9.59 Å². The fourth-order valence-electron chi connectivity index (χ4n) is 3.61. The van der Waals surface area contributed by atoms with Gasteiger partial charge in [0.25, 0.3) is 0 Å². The number of hydrogen-bond donors (Lipinski definition) is 3. The summed E-state index contributed by atoms with van der Waals surface area (Å²) in [7, 11) is 1.61. The SMILES string of the molecule is CO[C@@H]1C[C@@H](C(=O)NCc2cc(C)on2)CC[C@H]1NC(=O)NCc1ccccc1. The molecule has 3 atom stereocenters. The zero-order valence-electron chi connectivity index (χ0n) is 16.8. The third-order valence-corrected chi connectivity index (χ3v) is 5.20. The van der Waals surface area contributed by atoms with E-state index in [4.69, 9.17) is 9.26 Å². The lowest BCUT2D eigenvalue weighted by molar-refractivity contribution is -0.128. The molecule has 3 amide bonds. The largest absolute Gasteiger partial charge is 0.379 e. The van der Waals surface area contributed by atoms with Crippen LogP contribution in [0.15, 0.2) is 40.9 Å². The van der Waals surface area contributed by atoms with Crippen molar-refractivity contribution in [1.29, 1.82) is 0 Å². The summed E-state index contributed by atoms with van der Waals surface area (Å²) < 4.78 is 10.6. The van der Waals surface area contributed by atoms with Gasteiger partial charge in [0.1, 0.15) is 11.5 Å². The number of nitrogens with one attached hydrogen (secondary N) is 3. The molecule has 3 rings (SSSR count). The van der Waals surface area contributed by atoms with E-state index in [-0.39, 0.29) is 30.0 Å². The van der Waals surface area contributed by atoms with Gasteiger partial charge in [-0.25, -0.2) is 4.79 Å².